The van der Waals surface area contributed by atoms with Gasteiger partial charge >= 0.3 is 0 Å². The number of ether oxygens (including phenoxy) is 2. The van der Waals surface area contributed by atoms with Crippen molar-refractivity contribution in [1.29, 1.82) is 0 Å². The van der Waals surface area contributed by atoms with Gasteiger partial charge in [-0.05, 0) is 86.0 Å². The smallest absolute Gasteiger partial charge is 0.251 e. The highest BCUT2D eigenvalue weighted by atomic mass is 16.5. The fourth-order valence-electron chi connectivity index (χ4n) is 7.43. The van der Waals surface area contributed by atoms with Crippen LogP contribution >= 0.6 is 0 Å². The van der Waals surface area contributed by atoms with E-state index in [4.69, 9.17) is 9.47 Å². The summed E-state index contributed by atoms with van der Waals surface area (Å²) in [5.74, 6) is 0.614. The molecule has 1 saturated heterocycles. The molecular formula is C29H44N2O5. The Morgan fingerprint density at radius 2 is 1.86 bits per heavy atom. The quantitative estimate of drug-likeness (QED) is 0.593. The van der Waals surface area contributed by atoms with Crippen LogP contribution in [0.25, 0.3) is 0 Å². The second kappa shape index (κ2) is 11.1. The van der Waals surface area contributed by atoms with E-state index in [0.29, 0.717) is 12.2 Å². The zero-order chi connectivity index (χ0) is 26.0. The van der Waals surface area contributed by atoms with E-state index in [9.17, 15) is 14.7 Å². The van der Waals surface area contributed by atoms with E-state index in [1.54, 1.807) is 38.5 Å². The molecule has 7 heteroatoms. The Bertz CT molecular complexity index is 921. The zero-order valence-corrected chi connectivity index (χ0v) is 22.5. The van der Waals surface area contributed by atoms with Gasteiger partial charge in [-0.2, -0.15) is 0 Å². The largest absolute Gasteiger partial charge is 0.497 e. The van der Waals surface area contributed by atoms with Gasteiger partial charge in [-0.15, -0.1) is 0 Å². The van der Waals surface area contributed by atoms with E-state index in [0.717, 1.165) is 50.8 Å². The number of aliphatic hydroxyl groups excluding tert-OH is 1. The first-order valence-corrected chi connectivity index (χ1v) is 13.6. The first kappa shape index (κ1) is 26.9. The summed E-state index contributed by atoms with van der Waals surface area (Å²) in [5, 5.41) is 15.0. The van der Waals surface area contributed by atoms with Crippen LogP contribution in [0, 0.1) is 29.1 Å². The lowest BCUT2D eigenvalue weighted by atomic mass is 9.51. The van der Waals surface area contributed by atoms with Gasteiger partial charge in [0, 0.05) is 31.2 Å². The third kappa shape index (κ3) is 5.14. The molecule has 1 aliphatic heterocycles. The van der Waals surface area contributed by atoms with Crippen LogP contribution in [0.3, 0.4) is 0 Å². The van der Waals surface area contributed by atoms with Crippen LogP contribution in [0.2, 0.25) is 0 Å². The van der Waals surface area contributed by atoms with Crippen molar-refractivity contribution < 1.29 is 24.2 Å². The predicted octanol–water partition coefficient (Wildman–Crippen LogP) is 3.89. The minimum Gasteiger partial charge on any atom is -0.497 e. The summed E-state index contributed by atoms with van der Waals surface area (Å²) in [7, 11) is 3.29. The number of carbonyl (C=O) groups excluding carboxylic acids is 2. The van der Waals surface area contributed by atoms with Gasteiger partial charge < -0.3 is 24.8 Å². The van der Waals surface area contributed by atoms with Crippen LogP contribution in [0.4, 0.5) is 0 Å². The van der Waals surface area contributed by atoms with Gasteiger partial charge in [0.25, 0.3) is 5.91 Å². The Kier molecular flexibility index (Phi) is 8.30. The third-order valence-electron chi connectivity index (χ3n) is 9.61. The number of aliphatic hydroxyl groups is 1. The van der Waals surface area contributed by atoms with E-state index in [2.05, 4.69) is 19.2 Å². The van der Waals surface area contributed by atoms with Crippen molar-refractivity contribution >= 4 is 11.8 Å². The predicted molar refractivity (Wildman–Crippen MR) is 139 cm³/mol. The van der Waals surface area contributed by atoms with Crippen LogP contribution < -0.4 is 10.1 Å². The summed E-state index contributed by atoms with van der Waals surface area (Å²) >= 11 is 0. The molecule has 2 saturated carbocycles. The van der Waals surface area contributed by atoms with Crippen LogP contribution in [0.15, 0.2) is 24.3 Å². The molecule has 0 radical (unpaired) electrons. The molecule has 200 valence electrons. The lowest BCUT2D eigenvalue weighted by Crippen LogP contribution is -2.58. The molecule has 8 atom stereocenters. The number of carbonyl (C=O) groups is 2. The normalized spacial score (nSPS) is 35.1. The van der Waals surface area contributed by atoms with Crippen molar-refractivity contribution in [2.24, 2.45) is 29.1 Å². The molecule has 1 aromatic carbocycles. The molecule has 36 heavy (non-hydrogen) atoms. The van der Waals surface area contributed by atoms with E-state index in [-0.39, 0.29) is 53.0 Å². The van der Waals surface area contributed by atoms with E-state index >= 15 is 0 Å². The number of likely N-dealkylation sites (tertiary alicyclic amines) is 1. The summed E-state index contributed by atoms with van der Waals surface area (Å²) in [5.41, 5.74) is 0.625. The molecule has 2 N–H and O–H groups in total. The number of nitrogens with one attached hydrogen (secondary N) is 1. The fourth-order valence-corrected chi connectivity index (χ4v) is 7.43. The highest BCUT2D eigenvalue weighted by molar-refractivity contribution is 5.94. The van der Waals surface area contributed by atoms with Crippen molar-refractivity contribution in [3.05, 3.63) is 29.8 Å². The van der Waals surface area contributed by atoms with Gasteiger partial charge in [-0.3, -0.25) is 9.59 Å². The average molecular weight is 501 g/mol. The van der Waals surface area contributed by atoms with Crippen LogP contribution in [-0.4, -0.2) is 67.4 Å². The molecule has 3 aliphatic rings. The Hall–Kier alpha value is -2.12. The summed E-state index contributed by atoms with van der Waals surface area (Å²) in [6, 6.07) is 7.27. The van der Waals surface area contributed by atoms with Crippen LogP contribution in [0.1, 0.15) is 69.7 Å². The topological polar surface area (TPSA) is 88.1 Å². The van der Waals surface area contributed by atoms with Crippen molar-refractivity contribution in [2.75, 3.05) is 27.4 Å². The number of methoxy groups -OCH3 is 2. The minimum atomic E-state index is -0.568. The third-order valence-corrected chi connectivity index (χ3v) is 9.61. The summed E-state index contributed by atoms with van der Waals surface area (Å²) in [4.78, 5) is 28.5. The molecule has 7 nitrogen and oxygen atoms in total. The molecular weight excluding hydrogens is 456 g/mol. The molecule has 3 fully saturated rings. The Morgan fingerprint density at radius 1 is 1.17 bits per heavy atom. The second-order valence-corrected chi connectivity index (χ2v) is 11.7. The SMILES string of the molecule is COC[C@H]1CCCN1C(=O)[C@@H](C)C1CC[C@@]2(C)CC[C@H](NC(=O)c3ccc(OC)cc3)[C@@H](C)[C@@H]2[C@H]1O. The Balaban J connectivity index is 1.45. The van der Waals surface area contributed by atoms with Gasteiger partial charge in [0.05, 0.1) is 25.9 Å². The van der Waals surface area contributed by atoms with Gasteiger partial charge in [0.1, 0.15) is 5.75 Å². The lowest BCUT2D eigenvalue weighted by Gasteiger charge is -2.56. The second-order valence-electron chi connectivity index (χ2n) is 11.7. The summed E-state index contributed by atoms with van der Waals surface area (Å²) < 4.78 is 10.6. The number of benzene rings is 1. The van der Waals surface area contributed by atoms with Crippen molar-refractivity contribution in [1.82, 2.24) is 10.2 Å². The molecule has 1 heterocycles. The number of nitrogens with zero attached hydrogens (tertiary/aromatic N) is 1. The van der Waals surface area contributed by atoms with Gasteiger partial charge in [0.15, 0.2) is 0 Å². The molecule has 1 aromatic rings. The lowest BCUT2D eigenvalue weighted by molar-refractivity contribution is -0.151. The number of fused-ring (bicyclic) bond motifs is 1. The molecule has 4 rings (SSSR count). The maximum atomic E-state index is 13.5. The van der Waals surface area contributed by atoms with Gasteiger partial charge in [0.2, 0.25) is 5.91 Å². The van der Waals surface area contributed by atoms with Gasteiger partial charge in [-0.25, -0.2) is 0 Å². The number of hydrogen-bond donors (Lipinski definition) is 2. The maximum Gasteiger partial charge on any atom is 0.251 e. The van der Waals surface area contributed by atoms with Crippen molar-refractivity contribution in [3.8, 4) is 5.75 Å². The van der Waals surface area contributed by atoms with Crippen molar-refractivity contribution in [3.63, 3.8) is 0 Å². The number of amides is 2. The van der Waals surface area contributed by atoms with E-state index < -0.39 is 6.10 Å². The highest BCUT2D eigenvalue weighted by Gasteiger charge is 2.54. The monoisotopic (exact) mass is 500 g/mol. The van der Waals surface area contributed by atoms with Crippen LogP contribution in [-0.2, 0) is 9.53 Å². The highest BCUT2D eigenvalue weighted by Crippen LogP contribution is 2.55. The minimum absolute atomic E-state index is 0.0123. The Morgan fingerprint density at radius 3 is 2.53 bits per heavy atom. The standard InChI is InChI=1S/C29H44N2O5/c1-18(28(34)31-16-6-7-21(31)17-35-4)23-12-14-29(3)15-13-24(19(2)25(29)26(23)32)30-27(33)20-8-10-22(36-5)11-9-20/h8-11,18-19,21,23-26,32H,6-7,12-17H2,1-5H3,(H,30,33)/t18-,19+,21+,23?,24-,25+,26-,29-/m0/s1. The molecule has 2 aliphatic carbocycles. The first-order valence-electron chi connectivity index (χ1n) is 13.6. The van der Waals surface area contributed by atoms with Crippen molar-refractivity contribution in [2.45, 2.75) is 77.5 Å². The molecule has 0 aromatic heterocycles. The van der Waals surface area contributed by atoms with E-state index in [1.165, 1.54) is 0 Å². The van der Waals surface area contributed by atoms with E-state index in [1.807, 2.05) is 11.8 Å². The molecule has 0 bridgehead atoms. The number of hydrogen-bond acceptors (Lipinski definition) is 5. The fraction of sp³-hybridized carbons (Fsp3) is 0.724. The Labute approximate surface area is 215 Å². The summed E-state index contributed by atoms with van der Waals surface area (Å²) in [6.07, 6.45) is 5.14. The molecule has 0 spiro atoms. The first-order chi connectivity index (χ1) is 17.2. The number of rotatable bonds is 7. The van der Waals surface area contributed by atoms with Gasteiger partial charge in [-0.1, -0.05) is 20.8 Å². The zero-order valence-electron chi connectivity index (χ0n) is 22.5. The summed E-state index contributed by atoms with van der Waals surface area (Å²) in [6.45, 7) is 7.79. The average Bonchev–Trinajstić information content (AvgIpc) is 3.33. The maximum absolute atomic E-state index is 13.5. The molecule has 1 unspecified atom stereocenters. The van der Waals surface area contributed by atoms with Crippen LogP contribution in [0.5, 0.6) is 5.75 Å². The molecule has 2 amide bonds.